The Bertz CT molecular complexity index is 885. The highest BCUT2D eigenvalue weighted by Crippen LogP contribution is 2.13. The lowest BCUT2D eigenvalue weighted by molar-refractivity contribution is 0.590. The fourth-order valence-corrected chi connectivity index (χ4v) is 3.27. The summed E-state index contributed by atoms with van der Waals surface area (Å²) in [6.07, 6.45) is 3.25. The van der Waals surface area contributed by atoms with Gasteiger partial charge >= 0.3 is 0 Å². The van der Waals surface area contributed by atoms with Crippen LogP contribution in [0.5, 0.6) is 0 Å². The van der Waals surface area contributed by atoms with E-state index in [-0.39, 0.29) is 6.54 Å². The molecule has 8 heteroatoms. The average Bonchev–Trinajstić information content (AvgIpc) is 3.23. The van der Waals surface area contributed by atoms with E-state index in [1.165, 1.54) is 11.3 Å². The number of hydrogen-bond donors (Lipinski definition) is 1. The van der Waals surface area contributed by atoms with Crippen LogP contribution in [-0.2, 0) is 16.6 Å². The van der Waals surface area contributed by atoms with Gasteiger partial charge in [-0.2, -0.15) is 0 Å². The number of thiophene rings is 1. The Morgan fingerprint density at radius 3 is 2.74 bits per heavy atom. The van der Waals surface area contributed by atoms with E-state index in [1.807, 2.05) is 47.8 Å². The Kier molecular flexibility index (Phi) is 4.65. The minimum Gasteiger partial charge on any atom is -0.210 e. The minimum absolute atomic E-state index is 0.0901. The molecule has 0 atom stereocenters. The number of nitrogens with zero attached hydrogens (tertiary/aromatic N) is 3. The fourth-order valence-electron chi connectivity index (χ4n) is 1.84. The van der Waals surface area contributed by atoms with Crippen LogP contribution in [0.15, 0.2) is 59.4 Å². The van der Waals surface area contributed by atoms with Gasteiger partial charge in [0, 0.05) is 5.41 Å². The maximum atomic E-state index is 12.0. The molecule has 23 heavy (non-hydrogen) atoms. The number of benzene rings is 1. The third-order valence-electron chi connectivity index (χ3n) is 2.97. The van der Waals surface area contributed by atoms with Crippen molar-refractivity contribution >= 4 is 27.4 Å². The molecule has 118 valence electrons. The third kappa shape index (κ3) is 4.35. The van der Waals surface area contributed by atoms with Crippen molar-refractivity contribution in [3.05, 3.63) is 70.7 Å². The molecule has 0 unspecified atom stereocenters. The van der Waals surface area contributed by atoms with E-state index >= 15 is 0 Å². The van der Waals surface area contributed by atoms with Gasteiger partial charge in [0.15, 0.2) is 0 Å². The molecule has 0 bridgehead atoms. The second-order valence-corrected chi connectivity index (χ2v) is 7.26. The molecule has 0 radical (unpaired) electrons. The molecule has 6 nitrogen and oxygen atoms in total. The summed E-state index contributed by atoms with van der Waals surface area (Å²) < 4.78 is 28.0. The third-order valence-corrected chi connectivity index (χ3v) is 4.87. The molecule has 0 aliphatic carbocycles. The van der Waals surface area contributed by atoms with Gasteiger partial charge in [0.05, 0.1) is 18.4 Å². The van der Waals surface area contributed by atoms with Gasteiger partial charge in [0.2, 0.25) is 10.0 Å². The summed E-state index contributed by atoms with van der Waals surface area (Å²) in [5.74, 6) is 0. The molecule has 0 fully saturated rings. The SMILES string of the molecule is O=S(=O)(C=Cc1ccccc1)NCc1cn(-c2cccs2)nn1. The summed E-state index contributed by atoms with van der Waals surface area (Å²) in [7, 11) is -3.53. The second-order valence-electron chi connectivity index (χ2n) is 4.69. The van der Waals surface area contributed by atoms with E-state index in [0.29, 0.717) is 5.69 Å². The highest BCUT2D eigenvalue weighted by molar-refractivity contribution is 7.92. The van der Waals surface area contributed by atoms with Gasteiger partial charge in [-0.15, -0.1) is 16.4 Å². The molecule has 2 heterocycles. The first-order valence-electron chi connectivity index (χ1n) is 6.80. The molecule has 0 saturated heterocycles. The molecule has 1 aromatic carbocycles. The predicted octanol–water partition coefficient (Wildman–Crippen LogP) is 2.42. The van der Waals surface area contributed by atoms with Crippen molar-refractivity contribution < 1.29 is 8.42 Å². The van der Waals surface area contributed by atoms with E-state index in [2.05, 4.69) is 15.0 Å². The molecule has 3 aromatic rings. The Balaban J connectivity index is 1.62. The lowest BCUT2D eigenvalue weighted by atomic mass is 10.2. The van der Waals surface area contributed by atoms with Crippen molar-refractivity contribution in [2.24, 2.45) is 0 Å². The molecule has 0 saturated carbocycles. The van der Waals surface area contributed by atoms with Crippen molar-refractivity contribution in [2.45, 2.75) is 6.54 Å². The van der Waals surface area contributed by atoms with Crippen LogP contribution in [0.1, 0.15) is 11.3 Å². The van der Waals surface area contributed by atoms with Gasteiger partial charge in [-0.3, -0.25) is 0 Å². The van der Waals surface area contributed by atoms with Gasteiger partial charge in [0.1, 0.15) is 5.00 Å². The molecular weight excluding hydrogens is 332 g/mol. The van der Waals surface area contributed by atoms with Crippen LogP contribution in [0.3, 0.4) is 0 Å². The lowest BCUT2D eigenvalue weighted by Crippen LogP contribution is -2.20. The van der Waals surface area contributed by atoms with E-state index in [4.69, 9.17) is 0 Å². The zero-order valence-electron chi connectivity index (χ0n) is 12.0. The van der Waals surface area contributed by atoms with E-state index < -0.39 is 10.0 Å². The fraction of sp³-hybridized carbons (Fsp3) is 0.0667. The van der Waals surface area contributed by atoms with Gasteiger partial charge in [0.25, 0.3) is 0 Å². The Morgan fingerprint density at radius 1 is 1.17 bits per heavy atom. The topological polar surface area (TPSA) is 76.9 Å². The van der Waals surface area contributed by atoms with Gasteiger partial charge < -0.3 is 0 Å². The molecule has 0 aliphatic rings. The summed E-state index contributed by atoms with van der Waals surface area (Å²) in [6.45, 7) is 0.0901. The molecule has 1 N–H and O–H groups in total. The number of sulfonamides is 1. The van der Waals surface area contributed by atoms with E-state index in [9.17, 15) is 8.42 Å². The standard InChI is InChI=1S/C15H14N4O2S2/c20-23(21,10-8-13-5-2-1-3-6-13)16-11-14-12-19(18-17-14)15-7-4-9-22-15/h1-10,12,16H,11H2. The Hall–Kier alpha value is -2.29. The quantitative estimate of drug-likeness (QED) is 0.744. The smallest absolute Gasteiger partial charge is 0.210 e. The Labute approximate surface area is 138 Å². The maximum absolute atomic E-state index is 12.0. The summed E-state index contributed by atoms with van der Waals surface area (Å²) in [6, 6.07) is 13.1. The van der Waals surface area contributed by atoms with Crippen molar-refractivity contribution in [3.8, 4) is 5.00 Å². The number of hydrogen-bond acceptors (Lipinski definition) is 5. The van der Waals surface area contributed by atoms with Crippen LogP contribution in [-0.4, -0.2) is 23.4 Å². The van der Waals surface area contributed by atoms with Gasteiger partial charge in [-0.05, 0) is 29.2 Å². The summed E-state index contributed by atoms with van der Waals surface area (Å²) in [5.41, 5.74) is 1.37. The highest BCUT2D eigenvalue weighted by Gasteiger charge is 2.08. The summed E-state index contributed by atoms with van der Waals surface area (Å²) in [4.78, 5) is 0. The first-order valence-corrected chi connectivity index (χ1v) is 9.23. The van der Waals surface area contributed by atoms with Gasteiger partial charge in [-0.1, -0.05) is 35.5 Å². The second kappa shape index (κ2) is 6.86. The van der Waals surface area contributed by atoms with E-state index in [0.717, 1.165) is 16.0 Å². The van der Waals surface area contributed by atoms with Crippen LogP contribution < -0.4 is 4.72 Å². The first-order chi connectivity index (χ1) is 11.1. The van der Waals surface area contributed by atoms with Crippen molar-refractivity contribution in [2.75, 3.05) is 0 Å². The van der Waals surface area contributed by atoms with Crippen molar-refractivity contribution in [3.63, 3.8) is 0 Å². The summed E-state index contributed by atoms with van der Waals surface area (Å²) >= 11 is 1.53. The molecule has 3 rings (SSSR count). The van der Waals surface area contributed by atoms with Crippen LogP contribution in [0, 0.1) is 0 Å². The zero-order chi connectivity index (χ0) is 16.1. The zero-order valence-corrected chi connectivity index (χ0v) is 13.7. The largest absolute Gasteiger partial charge is 0.234 e. The molecular formula is C15H14N4O2S2. The Morgan fingerprint density at radius 2 is 2.00 bits per heavy atom. The van der Waals surface area contributed by atoms with Gasteiger partial charge in [-0.25, -0.2) is 17.8 Å². The maximum Gasteiger partial charge on any atom is 0.234 e. The van der Waals surface area contributed by atoms with Crippen LogP contribution in [0.4, 0.5) is 0 Å². The normalized spacial score (nSPS) is 12.0. The van der Waals surface area contributed by atoms with E-state index in [1.54, 1.807) is 17.0 Å². The van der Waals surface area contributed by atoms with Crippen LogP contribution in [0.25, 0.3) is 11.1 Å². The number of aromatic nitrogens is 3. The molecule has 0 spiro atoms. The molecule has 2 aromatic heterocycles. The highest BCUT2D eigenvalue weighted by atomic mass is 32.2. The number of rotatable bonds is 6. The summed E-state index contributed by atoms with van der Waals surface area (Å²) in [5, 5.41) is 11.9. The lowest BCUT2D eigenvalue weighted by Gasteiger charge is -1.99. The van der Waals surface area contributed by atoms with Crippen molar-refractivity contribution in [1.29, 1.82) is 0 Å². The predicted molar refractivity (Wildman–Crippen MR) is 90.5 cm³/mol. The molecule has 0 aliphatic heterocycles. The minimum atomic E-state index is -3.53. The first kappa shape index (κ1) is 15.6. The van der Waals surface area contributed by atoms with Crippen LogP contribution >= 0.6 is 11.3 Å². The average molecular weight is 346 g/mol. The molecule has 0 amide bonds. The monoisotopic (exact) mass is 346 g/mol. The van der Waals surface area contributed by atoms with Crippen LogP contribution in [0.2, 0.25) is 0 Å². The number of nitrogens with one attached hydrogen (secondary N) is 1. The van der Waals surface area contributed by atoms with Crippen molar-refractivity contribution in [1.82, 2.24) is 19.7 Å².